The SMILES string of the molecule is COCCNS(=O)(=O)CCCC1(C)/C(=C\C=C\C2=[N+](CCCCCC(=O)O)c3ccc(S(=O)(=O)[O-])cc3C2(C)CCCS(=O)(=O)[O-])N(CCOC)c2ccc(S(=O)(=O)[O-])cc21. The van der Waals surface area contributed by atoms with Gasteiger partial charge in [-0.3, -0.25) is 4.79 Å². The summed E-state index contributed by atoms with van der Waals surface area (Å²) in [6.45, 7) is 4.56. The van der Waals surface area contributed by atoms with Crippen LogP contribution in [0.1, 0.15) is 76.3 Å². The number of carboxylic acids is 1. The van der Waals surface area contributed by atoms with Gasteiger partial charge in [0.25, 0.3) is 0 Å². The summed E-state index contributed by atoms with van der Waals surface area (Å²) >= 11 is 0. The van der Waals surface area contributed by atoms with Crippen molar-refractivity contribution in [1.29, 1.82) is 0 Å². The van der Waals surface area contributed by atoms with Gasteiger partial charge in [0.15, 0.2) is 5.71 Å². The number of nitrogens with zero attached hydrogens (tertiary/aromatic N) is 2. The lowest BCUT2D eigenvalue weighted by Crippen LogP contribution is -2.33. The van der Waals surface area contributed by atoms with Gasteiger partial charge in [-0.2, -0.15) is 4.58 Å². The number of hydrogen-bond acceptors (Lipinski definition) is 15. The zero-order valence-corrected chi connectivity index (χ0v) is 37.8. The highest BCUT2D eigenvalue weighted by Gasteiger charge is 2.48. The first kappa shape index (κ1) is 50.1. The molecule has 0 saturated carbocycles. The van der Waals surface area contributed by atoms with E-state index in [1.54, 1.807) is 25.2 Å². The minimum absolute atomic E-state index is 0.0397. The van der Waals surface area contributed by atoms with Gasteiger partial charge >= 0.3 is 5.97 Å². The third kappa shape index (κ3) is 12.8. The molecule has 4 rings (SSSR count). The minimum atomic E-state index is -4.93. The number of hydrogen-bond donors (Lipinski definition) is 2. The summed E-state index contributed by atoms with van der Waals surface area (Å²) in [5, 5.41) is 9.16. The number of methoxy groups -OCH3 is 2. The Labute approximate surface area is 358 Å². The van der Waals surface area contributed by atoms with Crippen LogP contribution in [0.3, 0.4) is 0 Å². The lowest BCUT2D eigenvalue weighted by molar-refractivity contribution is -0.438. The summed E-state index contributed by atoms with van der Waals surface area (Å²) in [4.78, 5) is 12.1. The van der Waals surface area contributed by atoms with Gasteiger partial charge in [-0.05, 0) is 94.3 Å². The van der Waals surface area contributed by atoms with E-state index in [2.05, 4.69) is 4.72 Å². The molecule has 0 spiro atoms. The fourth-order valence-electron chi connectivity index (χ4n) is 8.11. The van der Waals surface area contributed by atoms with Gasteiger partial charge in [-0.1, -0.05) is 6.08 Å². The maximum absolute atomic E-state index is 12.9. The number of anilines is 1. The van der Waals surface area contributed by atoms with Gasteiger partial charge in [0.05, 0.1) is 44.3 Å². The Balaban J connectivity index is 1.91. The van der Waals surface area contributed by atoms with Crippen LogP contribution in [0, 0.1) is 0 Å². The van der Waals surface area contributed by atoms with Gasteiger partial charge < -0.3 is 33.1 Å². The Morgan fingerprint density at radius 1 is 0.803 bits per heavy atom. The second-order valence-corrected chi connectivity index (χ2v) is 21.6. The van der Waals surface area contributed by atoms with E-state index in [0.29, 0.717) is 59.7 Å². The standard InChI is InChI=1S/C39H55N3O15S4/c1-38(18-9-25-58(45,46)40-20-23-56-3)32-28-30(61(53,54)55)15-17-34(32)42(22-24-57-4)36(38)12-8-11-35-39(2,19-10-26-59(47,48)49)31-27-29(60(50,51)52)14-16-33(31)41(35)21-7-5-6-13-37(43)44/h8,11-12,14-17,27-28,40H,5-7,9-10,13,18-26H2,1-4H3,(H3-,43,44,47,48,49,50,51,52,53,54,55)/p-2. The number of allylic oxidation sites excluding steroid dienone is 4. The fourth-order valence-corrected chi connectivity index (χ4v) is 10.7. The van der Waals surface area contributed by atoms with Gasteiger partial charge in [0, 0.05) is 80.4 Å². The predicted octanol–water partition coefficient (Wildman–Crippen LogP) is 3.03. The number of benzene rings is 2. The van der Waals surface area contributed by atoms with E-state index in [0.717, 1.165) is 0 Å². The Kier molecular flexibility index (Phi) is 16.7. The predicted molar refractivity (Wildman–Crippen MR) is 223 cm³/mol. The molecule has 0 radical (unpaired) electrons. The van der Waals surface area contributed by atoms with Crippen molar-refractivity contribution in [3.05, 3.63) is 71.5 Å². The zero-order valence-electron chi connectivity index (χ0n) is 34.5. The summed E-state index contributed by atoms with van der Waals surface area (Å²) in [7, 11) is -15.3. The normalized spacial score (nSPS) is 20.2. The van der Waals surface area contributed by atoms with Gasteiger partial charge in [0.1, 0.15) is 26.8 Å². The first-order chi connectivity index (χ1) is 28.4. The van der Waals surface area contributed by atoms with Crippen LogP contribution in [-0.4, -0.2) is 127 Å². The van der Waals surface area contributed by atoms with Crippen molar-refractivity contribution >= 4 is 63.4 Å². The van der Waals surface area contributed by atoms with Gasteiger partial charge in [-0.25, -0.2) is 38.4 Å². The Hall–Kier alpha value is -3.58. The van der Waals surface area contributed by atoms with E-state index in [9.17, 15) is 52.1 Å². The molecule has 2 unspecified atom stereocenters. The first-order valence-corrected chi connectivity index (χ1v) is 25.6. The van der Waals surface area contributed by atoms with Crippen LogP contribution in [-0.2, 0) is 65.5 Å². The number of sulfonamides is 1. The monoisotopic (exact) mass is 931 g/mol. The van der Waals surface area contributed by atoms with Gasteiger partial charge in [0.2, 0.25) is 15.7 Å². The maximum Gasteiger partial charge on any atom is 0.303 e. The van der Waals surface area contributed by atoms with E-state index in [1.165, 1.54) is 50.6 Å². The van der Waals surface area contributed by atoms with E-state index in [4.69, 9.17) is 14.6 Å². The van der Waals surface area contributed by atoms with Gasteiger partial charge in [-0.15, -0.1) is 0 Å². The maximum atomic E-state index is 12.9. The van der Waals surface area contributed by atoms with Crippen LogP contribution in [0.2, 0.25) is 0 Å². The Morgan fingerprint density at radius 2 is 1.41 bits per heavy atom. The molecule has 0 aliphatic carbocycles. The van der Waals surface area contributed by atoms with E-state index >= 15 is 0 Å². The fraction of sp³-hybridized carbons (Fsp3) is 0.538. The molecule has 22 heteroatoms. The summed E-state index contributed by atoms with van der Waals surface area (Å²) < 4.78 is 149. The summed E-state index contributed by atoms with van der Waals surface area (Å²) in [6.07, 6.45) is 6.73. The highest BCUT2D eigenvalue weighted by Crippen LogP contribution is 2.51. The Bertz CT molecular complexity index is 2490. The highest BCUT2D eigenvalue weighted by molar-refractivity contribution is 7.89. The van der Waals surface area contributed by atoms with Crippen molar-refractivity contribution in [2.75, 3.05) is 63.5 Å². The molecular formula is C39H53N3O15S4-2. The largest absolute Gasteiger partial charge is 0.748 e. The average Bonchev–Trinajstić information content (AvgIpc) is 3.52. The van der Waals surface area contributed by atoms with Crippen LogP contribution in [0.15, 0.2) is 70.1 Å². The molecule has 2 aliphatic rings. The minimum Gasteiger partial charge on any atom is -0.748 e. The molecule has 2 aromatic carbocycles. The summed E-state index contributed by atoms with van der Waals surface area (Å²) in [5.41, 5.74) is 0.860. The number of carbonyl (C=O) groups is 1. The van der Waals surface area contributed by atoms with Crippen LogP contribution in [0.4, 0.5) is 11.4 Å². The second-order valence-electron chi connectivity index (χ2n) is 15.4. The molecule has 0 amide bonds. The molecule has 0 saturated heterocycles. The number of aliphatic carboxylic acids is 1. The number of ether oxygens (including phenoxy) is 2. The topological polar surface area (TPSA) is 280 Å². The van der Waals surface area contributed by atoms with Crippen molar-refractivity contribution in [3.8, 4) is 0 Å². The highest BCUT2D eigenvalue weighted by atomic mass is 32.2. The molecule has 2 aliphatic heterocycles. The molecule has 61 heavy (non-hydrogen) atoms. The average molecular weight is 932 g/mol. The van der Waals surface area contributed by atoms with E-state index in [-0.39, 0.29) is 64.2 Å². The van der Waals surface area contributed by atoms with Crippen molar-refractivity contribution in [2.24, 2.45) is 0 Å². The molecule has 2 atom stereocenters. The molecule has 0 fully saturated rings. The Morgan fingerprint density at radius 3 is 2.02 bits per heavy atom. The molecule has 18 nitrogen and oxygen atoms in total. The lowest BCUT2D eigenvalue weighted by Gasteiger charge is -2.30. The van der Waals surface area contributed by atoms with Crippen molar-refractivity contribution < 1.29 is 71.3 Å². The second kappa shape index (κ2) is 20.3. The number of nitrogens with one attached hydrogen (secondary N) is 1. The number of rotatable bonds is 25. The quantitative estimate of drug-likeness (QED) is 0.0822. The molecule has 2 aromatic rings. The molecule has 2 heterocycles. The van der Waals surface area contributed by atoms with Crippen LogP contribution < -0.4 is 9.62 Å². The first-order valence-electron chi connectivity index (χ1n) is 19.5. The molecular weight excluding hydrogens is 879 g/mol. The molecule has 2 N–H and O–H groups in total. The van der Waals surface area contributed by atoms with Crippen LogP contribution in [0.5, 0.6) is 0 Å². The van der Waals surface area contributed by atoms with Crippen molar-refractivity contribution in [3.63, 3.8) is 0 Å². The van der Waals surface area contributed by atoms with Crippen molar-refractivity contribution in [2.45, 2.75) is 85.8 Å². The summed E-state index contributed by atoms with van der Waals surface area (Å²) in [5.74, 6) is -1.94. The van der Waals surface area contributed by atoms with Crippen molar-refractivity contribution in [1.82, 2.24) is 4.72 Å². The number of carboxylic acid groups (broad SMARTS) is 1. The molecule has 340 valence electrons. The van der Waals surface area contributed by atoms with Crippen LogP contribution >= 0.6 is 0 Å². The van der Waals surface area contributed by atoms with E-state index in [1.807, 2.05) is 16.4 Å². The lowest BCUT2D eigenvalue weighted by atomic mass is 9.75. The third-order valence-electron chi connectivity index (χ3n) is 11.1. The zero-order chi connectivity index (χ0) is 45.4. The molecule has 0 bridgehead atoms. The van der Waals surface area contributed by atoms with E-state index < -0.39 is 72.7 Å². The molecule has 0 aromatic heterocycles. The number of unbranched alkanes of at least 4 members (excludes halogenated alkanes) is 2. The number of fused-ring (bicyclic) bond motifs is 2. The third-order valence-corrected chi connectivity index (χ3v) is 15.0. The summed E-state index contributed by atoms with van der Waals surface area (Å²) in [6, 6.07) is 7.92. The van der Waals surface area contributed by atoms with Crippen LogP contribution in [0.25, 0.3) is 0 Å². The smallest absolute Gasteiger partial charge is 0.303 e.